The second kappa shape index (κ2) is 6.83. The first-order chi connectivity index (χ1) is 11.4. The fourth-order valence-electron chi connectivity index (χ4n) is 3.18. The summed E-state index contributed by atoms with van der Waals surface area (Å²) in [7, 11) is -4.37. The average Bonchev–Trinajstić information content (AvgIpc) is 2.57. The van der Waals surface area contributed by atoms with Gasteiger partial charge in [0.1, 0.15) is 16.4 Å². The minimum Gasteiger partial charge on any atom is -0.457 e. The summed E-state index contributed by atoms with van der Waals surface area (Å²) in [6.45, 7) is 0. The van der Waals surface area contributed by atoms with E-state index < -0.39 is 10.1 Å². The summed E-state index contributed by atoms with van der Waals surface area (Å²) in [5.41, 5.74) is 6.88. The molecule has 0 amide bonds. The first kappa shape index (κ1) is 16.8. The monoisotopic (exact) mass is 347 g/mol. The number of benzene rings is 2. The Hall–Kier alpha value is -2.05. The van der Waals surface area contributed by atoms with Crippen LogP contribution in [0.2, 0.25) is 0 Å². The molecule has 0 bridgehead atoms. The number of hydrogen-bond acceptors (Lipinski definition) is 4. The highest BCUT2D eigenvalue weighted by atomic mass is 32.2. The van der Waals surface area contributed by atoms with Crippen LogP contribution in [0.1, 0.15) is 43.6 Å². The number of nitrogens with two attached hydrogens (primary N) is 1. The van der Waals surface area contributed by atoms with Crippen molar-refractivity contribution in [2.75, 3.05) is 5.73 Å². The first-order valence-electron chi connectivity index (χ1n) is 8.08. The van der Waals surface area contributed by atoms with Crippen LogP contribution in [-0.4, -0.2) is 13.0 Å². The predicted molar refractivity (Wildman–Crippen MR) is 93.0 cm³/mol. The molecular weight excluding hydrogens is 326 g/mol. The molecule has 0 heterocycles. The van der Waals surface area contributed by atoms with E-state index in [1.54, 1.807) is 6.07 Å². The van der Waals surface area contributed by atoms with E-state index in [2.05, 4.69) is 12.1 Å². The van der Waals surface area contributed by atoms with Crippen LogP contribution in [-0.2, 0) is 10.1 Å². The molecular formula is C18H21NO4S. The Morgan fingerprint density at radius 3 is 2.21 bits per heavy atom. The Bertz CT molecular complexity index is 809. The molecule has 3 N–H and O–H groups in total. The fraction of sp³-hybridized carbons (Fsp3) is 0.333. The lowest BCUT2D eigenvalue weighted by Gasteiger charge is -2.22. The molecule has 0 radical (unpaired) electrons. The van der Waals surface area contributed by atoms with Gasteiger partial charge in [-0.05, 0) is 48.6 Å². The summed E-state index contributed by atoms with van der Waals surface area (Å²) < 4.78 is 37.5. The lowest BCUT2D eigenvalue weighted by Crippen LogP contribution is -2.04. The topological polar surface area (TPSA) is 89.6 Å². The van der Waals surface area contributed by atoms with Gasteiger partial charge in [0.15, 0.2) is 0 Å². The van der Waals surface area contributed by atoms with Gasteiger partial charge in [0.05, 0.1) is 5.69 Å². The van der Waals surface area contributed by atoms with Crippen molar-refractivity contribution < 1.29 is 17.7 Å². The van der Waals surface area contributed by atoms with Gasteiger partial charge in [-0.15, -0.1) is 0 Å². The molecule has 0 atom stereocenters. The quantitative estimate of drug-likeness (QED) is 0.634. The summed E-state index contributed by atoms with van der Waals surface area (Å²) in [6, 6.07) is 12.1. The largest absolute Gasteiger partial charge is 0.457 e. The second-order valence-electron chi connectivity index (χ2n) is 6.18. The van der Waals surface area contributed by atoms with Gasteiger partial charge < -0.3 is 10.5 Å². The molecule has 128 valence electrons. The summed E-state index contributed by atoms with van der Waals surface area (Å²) >= 11 is 0. The molecule has 1 fully saturated rings. The maximum absolute atomic E-state index is 11.3. The van der Waals surface area contributed by atoms with Crippen LogP contribution < -0.4 is 10.5 Å². The molecule has 0 aliphatic heterocycles. The third-order valence-corrected chi connectivity index (χ3v) is 5.36. The molecule has 0 saturated heterocycles. The molecule has 3 rings (SSSR count). The Morgan fingerprint density at radius 1 is 0.958 bits per heavy atom. The molecule has 24 heavy (non-hydrogen) atoms. The van der Waals surface area contributed by atoms with Gasteiger partial charge in [0.2, 0.25) is 0 Å². The van der Waals surface area contributed by atoms with Gasteiger partial charge in [-0.25, -0.2) is 0 Å². The van der Waals surface area contributed by atoms with Crippen LogP contribution in [0.3, 0.4) is 0 Å². The van der Waals surface area contributed by atoms with E-state index in [1.807, 2.05) is 12.1 Å². The number of anilines is 1. The number of rotatable bonds is 4. The molecule has 0 unspecified atom stereocenters. The Kier molecular flexibility index (Phi) is 4.78. The molecule has 5 nitrogen and oxygen atoms in total. The van der Waals surface area contributed by atoms with Crippen LogP contribution in [0.15, 0.2) is 47.4 Å². The maximum atomic E-state index is 11.3. The number of hydrogen-bond donors (Lipinski definition) is 2. The molecule has 2 aromatic carbocycles. The van der Waals surface area contributed by atoms with E-state index in [4.69, 9.17) is 10.5 Å². The highest BCUT2D eigenvalue weighted by Gasteiger charge is 2.17. The van der Waals surface area contributed by atoms with Gasteiger partial charge in [-0.1, -0.05) is 31.4 Å². The van der Waals surface area contributed by atoms with E-state index in [0.717, 1.165) is 0 Å². The van der Waals surface area contributed by atoms with Crippen molar-refractivity contribution in [2.45, 2.75) is 42.9 Å². The lowest BCUT2D eigenvalue weighted by molar-refractivity contribution is 0.442. The predicted octanol–water partition coefficient (Wildman–Crippen LogP) is 4.36. The molecule has 0 spiro atoms. The van der Waals surface area contributed by atoms with Crippen LogP contribution in [0.4, 0.5) is 5.69 Å². The summed E-state index contributed by atoms with van der Waals surface area (Å²) in [6.07, 6.45) is 6.36. The smallest absolute Gasteiger partial charge is 0.296 e. The van der Waals surface area contributed by atoms with E-state index in [-0.39, 0.29) is 10.6 Å². The maximum Gasteiger partial charge on any atom is 0.296 e. The van der Waals surface area contributed by atoms with Gasteiger partial charge in [-0.2, -0.15) is 8.42 Å². The second-order valence-corrected chi connectivity index (χ2v) is 7.57. The summed E-state index contributed by atoms with van der Waals surface area (Å²) in [5.74, 6) is 1.54. The molecule has 2 aromatic rings. The fourth-order valence-corrected chi connectivity index (χ4v) is 3.81. The summed E-state index contributed by atoms with van der Waals surface area (Å²) in [4.78, 5) is -0.348. The molecule has 6 heteroatoms. The van der Waals surface area contributed by atoms with Crippen molar-refractivity contribution in [3.8, 4) is 11.5 Å². The first-order valence-corrected chi connectivity index (χ1v) is 9.52. The van der Waals surface area contributed by atoms with Gasteiger partial charge >= 0.3 is 0 Å². The molecule has 0 aromatic heterocycles. The number of ether oxygens (including phenoxy) is 1. The van der Waals surface area contributed by atoms with E-state index in [9.17, 15) is 13.0 Å². The zero-order valence-corrected chi connectivity index (χ0v) is 14.1. The van der Waals surface area contributed by atoms with Crippen LogP contribution in [0.5, 0.6) is 11.5 Å². The Labute approximate surface area is 142 Å². The van der Waals surface area contributed by atoms with Crippen molar-refractivity contribution in [3.63, 3.8) is 0 Å². The summed E-state index contributed by atoms with van der Waals surface area (Å²) in [5, 5.41) is 0. The average molecular weight is 347 g/mol. The number of nitrogen functional groups attached to an aromatic ring is 1. The SMILES string of the molecule is Nc1ccc(Oc2ccc(C3CCCCC3)cc2)cc1S(=O)(=O)O. The van der Waals surface area contributed by atoms with Crippen molar-refractivity contribution >= 4 is 15.8 Å². The van der Waals surface area contributed by atoms with Gasteiger partial charge in [-0.3, -0.25) is 4.55 Å². The van der Waals surface area contributed by atoms with Crippen molar-refractivity contribution in [3.05, 3.63) is 48.0 Å². The highest BCUT2D eigenvalue weighted by Crippen LogP contribution is 2.34. The highest BCUT2D eigenvalue weighted by molar-refractivity contribution is 7.86. The third-order valence-electron chi connectivity index (χ3n) is 4.46. The van der Waals surface area contributed by atoms with E-state index >= 15 is 0 Å². The zero-order valence-electron chi connectivity index (χ0n) is 13.3. The van der Waals surface area contributed by atoms with Crippen molar-refractivity contribution in [2.24, 2.45) is 0 Å². The Morgan fingerprint density at radius 2 is 1.58 bits per heavy atom. The van der Waals surface area contributed by atoms with Gasteiger partial charge in [0.25, 0.3) is 10.1 Å². The van der Waals surface area contributed by atoms with Crippen molar-refractivity contribution in [1.82, 2.24) is 0 Å². The van der Waals surface area contributed by atoms with Crippen LogP contribution in [0, 0.1) is 0 Å². The van der Waals surface area contributed by atoms with Crippen LogP contribution >= 0.6 is 0 Å². The normalized spacial score (nSPS) is 16.0. The lowest BCUT2D eigenvalue weighted by atomic mass is 9.84. The minimum absolute atomic E-state index is 0.0162. The molecule has 1 aliphatic carbocycles. The van der Waals surface area contributed by atoms with Crippen LogP contribution in [0.25, 0.3) is 0 Å². The van der Waals surface area contributed by atoms with Gasteiger partial charge in [0, 0.05) is 6.07 Å². The van der Waals surface area contributed by atoms with E-state index in [0.29, 0.717) is 17.4 Å². The Balaban J connectivity index is 1.76. The molecule has 1 aliphatic rings. The van der Waals surface area contributed by atoms with E-state index in [1.165, 1.54) is 49.8 Å². The molecule has 1 saturated carbocycles. The third kappa shape index (κ3) is 3.88. The van der Waals surface area contributed by atoms with Crippen molar-refractivity contribution in [1.29, 1.82) is 0 Å². The standard InChI is InChI=1S/C18H21NO4S/c19-17-11-10-16(12-18(17)24(20,21)22)23-15-8-6-14(7-9-15)13-4-2-1-3-5-13/h6-13H,1-5,19H2,(H,20,21,22). The minimum atomic E-state index is -4.37. The zero-order chi connectivity index (χ0) is 17.2.